The summed E-state index contributed by atoms with van der Waals surface area (Å²) in [7, 11) is 1.46. The average molecular weight is 378 g/mol. The number of aromatic amines is 1. The Kier molecular flexibility index (Phi) is 6.16. The van der Waals surface area contributed by atoms with Crippen molar-refractivity contribution in [1.82, 2.24) is 20.1 Å². The number of ketones is 1. The fraction of sp³-hybridized carbons (Fsp3) is 0.238. The van der Waals surface area contributed by atoms with Gasteiger partial charge in [-0.25, -0.2) is 0 Å². The zero-order chi connectivity index (χ0) is 19.9. The summed E-state index contributed by atoms with van der Waals surface area (Å²) in [5.74, 6) is -0.606. The third-order valence-electron chi connectivity index (χ3n) is 4.48. The van der Waals surface area contributed by atoms with Gasteiger partial charge in [0.1, 0.15) is 5.56 Å². The summed E-state index contributed by atoms with van der Waals surface area (Å²) in [6.07, 6.45) is 4.88. The second kappa shape index (κ2) is 8.94. The summed E-state index contributed by atoms with van der Waals surface area (Å²) in [4.78, 5) is 37.5. The Morgan fingerprint density at radius 1 is 1.18 bits per heavy atom. The molecule has 0 fully saturated rings. The molecule has 3 aromatic rings. The van der Waals surface area contributed by atoms with Gasteiger partial charge in [-0.1, -0.05) is 30.3 Å². The van der Waals surface area contributed by atoms with Crippen molar-refractivity contribution in [2.45, 2.75) is 25.8 Å². The van der Waals surface area contributed by atoms with Crippen molar-refractivity contribution in [3.8, 4) is 0 Å². The number of hydrogen-bond donors (Lipinski definition) is 2. The summed E-state index contributed by atoms with van der Waals surface area (Å²) >= 11 is 0. The molecule has 0 radical (unpaired) electrons. The molecule has 7 heteroatoms. The highest BCUT2D eigenvalue weighted by Crippen LogP contribution is 2.10. The number of aryl methyl sites for hydroxylation is 1. The highest BCUT2D eigenvalue weighted by Gasteiger charge is 2.17. The largest absolute Gasteiger partial charge is 0.355 e. The number of benzene rings is 1. The van der Waals surface area contributed by atoms with Crippen molar-refractivity contribution in [2.24, 2.45) is 0 Å². The van der Waals surface area contributed by atoms with Crippen LogP contribution in [0.2, 0.25) is 0 Å². The Labute approximate surface area is 162 Å². The molecule has 28 heavy (non-hydrogen) atoms. The molecule has 1 aromatic carbocycles. The predicted octanol–water partition coefficient (Wildman–Crippen LogP) is 2.18. The third kappa shape index (κ3) is 4.62. The summed E-state index contributed by atoms with van der Waals surface area (Å²) < 4.78 is 1.42. The molecule has 0 aliphatic rings. The van der Waals surface area contributed by atoms with Gasteiger partial charge in [0.25, 0.3) is 11.5 Å². The molecule has 144 valence electrons. The van der Waals surface area contributed by atoms with Crippen LogP contribution in [0.15, 0.2) is 59.7 Å². The Balaban J connectivity index is 1.84. The number of nitrogens with zero attached hydrogens (tertiary/aromatic N) is 2. The van der Waals surface area contributed by atoms with Crippen LogP contribution in [0.1, 0.15) is 44.8 Å². The van der Waals surface area contributed by atoms with E-state index in [0.29, 0.717) is 31.4 Å². The minimum Gasteiger partial charge on any atom is -0.355 e. The number of Topliss-reactive ketones (excluding diaryl/α,β-unsaturated/α-hetero) is 1. The maximum Gasteiger partial charge on any atom is 0.263 e. The van der Waals surface area contributed by atoms with Crippen LogP contribution < -0.4 is 10.9 Å². The number of amides is 1. The van der Waals surface area contributed by atoms with E-state index in [2.05, 4.69) is 15.5 Å². The Morgan fingerprint density at radius 2 is 1.96 bits per heavy atom. The first-order valence-electron chi connectivity index (χ1n) is 9.10. The molecule has 0 saturated carbocycles. The molecule has 1 amide bonds. The summed E-state index contributed by atoms with van der Waals surface area (Å²) in [5.41, 5.74) is 1.79. The molecule has 0 aliphatic carbocycles. The van der Waals surface area contributed by atoms with E-state index >= 15 is 0 Å². The molecule has 0 aliphatic heterocycles. The van der Waals surface area contributed by atoms with Gasteiger partial charge < -0.3 is 9.88 Å². The monoisotopic (exact) mass is 378 g/mol. The zero-order valence-electron chi connectivity index (χ0n) is 15.6. The maximum atomic E-state index is 12.7. The van der Waals surface area contributed by atoms with E-state index in [1.807, 2.05) is 36.4 Å². The van der Waals surface area contributed by atoms with E-state index in [9.17, 15) is 14.4 Å². The van der Waals surface area contributed by atoms with Crippen molar-refractivity contribution in [1.29, 1.82) is 0 Å². The van der Waals surface area contributed by atoms with Crippen LogP contribution in [0.5, 0.6) is 0 Å². The minimum absolute atomic E-state index is 0.0298. The highest BCUT2D eigenvalue weighted by atomic mass is 16.2. The molecule has 3 rings (SSSR count). The van der Waals surface area contributed by atoms with Gasteiger partial charge in [0.2, 0.25) is 0 Å². The van der Waals surface area contributed by atoms with E-state index in [1.165, 1.54) is 17.7 Å². The van der Waals surface area contributed by atoms with Gasteiger partial charge >= 0.3 is 0 Å². The van der Waals surface area contributed by atoms with E-state index in [1.54, 1.807) is 12.4 Å². The maximum absolute atomic E-state index is 12.7. The van der Waals surface area contributed by atoms with Gasteiger partial charge in [-0.05, 0) is 30.5 Å². The fourth-order valence-electron chi connectivity index (χ4n) is 2.99. The number of rotatable bonds is 8. The van der Waals surface area contributed by atoms with Crippen molar-refractivity contribution in [2.75, 3.05) is 7.05 Å². The number of nitrogens with one attached hydrogen (secondary N) is 2. The van der Waals surface area contributed by atoms with Crippen LogP contribution in [0, 0.1) is 0 Å². The van der Waals surface area contributed by atoms with Gasteiger partial charge in [0.05, 0.1) is 6.54 Å². The lowest BCUT2D eigenvalue weighted by molar-refractivity contribution is 0.0961. The summed E-state index contributed by atoms with van der Waals surface area (Å²) in [6.45, 7) is 0.291. The lowest BCUT2D eigenvalue weighted by Gasteiger charge is -2.11. The average Bonchev–Trinajstić information content (AvgIpc) is 3.23. The van der Waals surface area contributed by atoms with Gasteiger partial charge in [0.15, 0.2) is 5.78 Å². The SMILES string of the molecule is CNC(=O)c1cc(C(=O)CCCc2ccn[nH]2)cn(Cc2ccccc2)c1=O. The number of aromatic nitrogens is 3. The van der Waals surface area contributed by atoms with Crippen molar-refractivity contribution in [3.05, 3.63) is 87.6 Å². The van der Waals surface area contributed by atoms with E-state index in [4.69, 9.17) is 0 Å². The molecule has 0 saturated heterocycles. The number of carbonyl (C=O) groups excluding carboxylic acids is 2. The molecule has 2 aromatic heterocycles. The van der Waals surface area contributed by atoms with Crippen molar-refractivity contribution >= 4 is 11.7 Å². The van der Waals surface area contributed by atoms with Crippen LogP contribution in [0.3, 0.4) is 0 Å². The van der Waals surface area contributed by atoms with Gasteiger partial charge in [0, 0.05) is 37.1 Å². The Morgan fingerprint density at radius 3 is 2.64 bits per heavy atom. The fourth-order valence-corrected chi connectivity index (χ4v) is 2.99. The molecule has 7 nitrogen and oxygen atoms in total. The smallest absolute Gasteiger partial charge is 0.263 e. The van der Waals surface area contributed by atoms with Gasteiger partial charge in [-0.3, -0.25) is 19.5 Å². The van der Waals surface area contributed by atoms with E-state index < -0.39 is 11.5 Å². The molecule has 0 atom stereocenters. The number of carbonyl (C=O) groups is 2. The second-order valence-corrected chi connectivity index (χ2v) is 6.50. The highest BCUT2D eigenvalue weighted by molar-refractivity contribution is 6.00. The first kappa shape index (κ1) is 19.3. The van der Waals surface area contributed by atoms with Crippen LogP contribution in [-0.4, -0.2) is 33.5 Å². The first-order valence-corrected chi connectivity index (χ1v) is 9.10. The van der Waals surface area contributed by atoms with Crippen LogP contribution in [0.4, 0.5) is 0 Å². The molecule has 0 bridgehead atoms. The summed E-state index contributed by atoms with van der Waals surface area (Å²) in [6, 6.07) is 12.7. The number of hydrogen-bond acceptors (Lipinski definition) is 4. The second-order valence-electron chi connectivity index (χ2n) is 6.50. The predicted molar refractivity (Wildman–Crippen MR) is 105 cm³/mol. The van der Waals surface area contributed by atoms with Crippen molar-refractivity contribution in [3.63, 3.8) is 0 Å². The Bertz CT molecular complexity index is 1010. The van der Waals surface area contributed by atoms with Crippen LogP contribution in [0.25, 0.3) is 0 Å². The van der Waals surface area contributed by atoms with E-state index in [0.717, 1.165) is 11.3 Å². The zero-order valence-corrected chi connectivity index (χ0v) is 15.6. The lowest BCUT2D eigenvalue weighted by Crippen LogP contribution is -2.32. The van der Waals surface area contributed by atoms with Gasteiger partial charge in [-0.2, -0.15) is 5.10 Å². The quantitative estimate of drug-likeness (QED) is 0.587. The molecule has 2 N–H and O–H groups in total. The topological polar surface area (TPSA) is 96.8 Å². The molecular formula is C21H22N4O3. The molecule has 0 spiro atoms. The standard InChI is InChI=1S/C21H22N4O3/c1-22-20(27)18-12-16(19(26)9-5-8-17-10-11-23-24-17)14-25(21(18)28)13-15-6-3-2-4-7-15/h2-4,6-7,10-12,14H,5,8-9,13H2,1H3,(H,22,27)(H,23,24). The first-order chi connectivity index (χ1) is 13.6. The number of pyridine rings is 1. The Hall–Kier alpha value is -3.48. The van der Waals surface area contributed by atoms with Gasteiger partial charge in [-0.15, -0.1) is 0 Å². The van der Waals surface area contributed by atoms with Crippen molar-refractivity contribution < 1.29 is 9.59 Å². The van der Waals surface area contributed by atoms with E-state index in [-0.39, 0.29) is 11.3 Å². The minimum atomic E-state index is -0.501. The normalized spacial score (nSPS) is 10.6. The lowest BCUT2D eigenvalue weighted by atomic mass is 10.0. The molecule has 0 unspecified atom stereocenters. The van der Waals surface area contributed by atoms with Crippen LogP contribution >= 0.6 is 0 Å². The molecule has 2 heterocycles. The number of H-pyrrole nitrogens is 1. The van der Waals surface area contributed by atoms with Crippen LogP contribution in [-0.2, 0) is 13.0 Å². The third-order valence-corrected chi connectivity index (χ3v) is 4.48. The molecular weight excluding hydrogens is 356 g/mol. The summed E-state index contributed by atoms with van der Waals surface area (Å²) in [5, 5.41) is 9.22.